The van der Waals surface area contributed by atoms with Crippen molar-refractivity contribution in [3.05, 3.63) is 25.3 Å². The van der Waals surface area contributed by atoms with Gasteiger partial charge in [-0.1, -0.05) is 12.2 Å². The maximum absolute atomic E-state index is 11.4. The second-order valence-electron chi connectivity index (χ2n) is 4.50. The van der Waals surface area contributed by atoms with Crippen LogP contribution in [-0.4, -0.2) is 74.0 Å². The summed E-state index contributed by atoms with van der Waals surface area (Å²) < 4.78 is 19.3. The van der Waals surface area contributed by atoms with Crippen molar-refractivity contribution >= 4 is 11.9 Å². The Balaban J connectivity index is 3.74. The molecule has 0 aliphatic heterocycles. The molecule has 0 spiro atoms. The van der Waals surface area contributed by atoms with E-state index in [2.05, 4.69) is 13.2 Å². The third-order valence-corrected chi connectivity index (χ3v) is 2.25. The Bertz CT molecular complexity index is 334. The van der Waals surface area contributed by atoms with Crippen molar-refractivity contribution in [2.45, 2.75) is 18.6 Å². The van der Waals surface area contributed by atoms with Crippen LogP contribution < -0.4 is 0 Å². The Morgan fingerprint density at radius 2 is 1.22 bits per heavy atom. The first kappa shape index (κ1) is 21.3. The van der Waals surface area contributed by atoms with Gasteiger partial charge in [0.15, 0.2) is 0 Å². The van der Waals surface area contributed by atoms with E-state index in [4.69, 9.17) is 18.9 Å². The van der Waals surface area contributed by atoms with Crippen LogP contribution in [0.1, 0.15) is 6.42 Å². The van der Waals surface area contributed by atoms with Crippen LogP contribution in [0.15, 0.2) is 25.3 Å². The van der Waals surface area contributed by atoms with E-state index in [1.807, 2.05) is 0 Å². The summed E-state index contributed by atoms with van der Waals surface area (Å²) in [5.74, 6) is -1.68. The highest BCUT2D eigenvalue weighted by Crippen LogP contribution is 1.96. The second-order valence-corrected chi connectivity index (χ2v) is 4.50. The molecule has 8 nitrogen and oxygen atoms in total. The van der Waals surface area contributed by atoms with E-state index in [1.165, 1.54) is 12.2 Å². The zero-order valence-corrected chi connectivity index (χ0v) is 13.0. The molecule has 0 aliphatic carbocycles. The fraction of sp³-hybridized carbons (Fsp3) is 0.600. The molecule has 0 bridgehead atoms. The van der Waals surface area contributed by atoms with Gasteiger partial charge in [-0.15, -0.1) is 13.2 Å². The number of hydrogen-bond acceptors (Lipinski definition) is 8. The number of rotatable bonds is 14. The molecule has 0 aromatic carbocycles. The molecule has 8 heteroatoms. The van der Waals surface area contributed by atoms with Gasteiger partial charge in [-0.3, -0.25) is 9.59 Å². The summed E-state index contributed by atoms with van der Waals surface area (Å²) in [6.45, 7) is 6.82. The van der Waals surface area contributed by atoms with Gasteiger partial charge in [-0.25, -0.2) is 0 Å². The molecule has 0 rings (SSSR count). The van der Waals surface area contributed by atoms with Crippen molar-refractivity contribution in [3.63, 3.8) is 0 Å². The van der Waals surface area contributed by atoms with E-state index in [0.717, 1.165) is 0 Å². The predicted molar refractivity (Wildman–Crippen MR) is 80.6 cm³/mol. The third kappa shape index (κ3) is 13.6. The lowest BCUT2D eigenvalue weighted by molar-refractivity contribution is -0.158. The standard InChI is InChI=1S/C15H24O8/c1-3-5-20-8-12(16)10-22-14(18)7-15(19)23-11-13(17)9-21-6-4-2/h3-4,12-13,16-17H,1-2,5-11H2. The summed E-state index contributed by atoms with van der Waals surface area (Å²) in [5, 5.41) is 18.9. The van der Waals surface area contributed by atoms with Gasteiger partial charge >= 0.3 is 11.9 Å². The highest BCUT2D eigenvalue weighted by molar-refractivity contribution is 5.91. The maximum Gasteiger partial charge on any atom is 0.317 e. The smallest absolute Gasteiger partial charge is 0.317 e. The van der Waals surface area contributed by atoms with E-state index in [-0.39, 0.29) is 39.6 Å². The molecule has 0 fully saturated rings. The molecular weight excluding hydrogens is 308 g/mol. The molecule has 2 unspecified atom stereocenters. The lowest BCUT2D eigenvalue weighted by Gasteiger charge is -2.12. The van der Waals surface area contributed by atoms with Crippen molar-refractivity contribution in [1.82, 2.24) is 0 Å². The molecule has 2 atom stereocenters. The molecule has 2 N–H and O–H groups in total. The summed E-state index contributed by atoms with van der Waals surface area (Å²) in [6, 6.07) is 0. The molecule has 0 aliphatic rings. The zero-order chi connectivity index (χ0) is 17.5. The fourth-order valence-corrected chi connectivity index (χ4v) is 1.27. The topological polar surface area (TPSA) is 112 Å². The van der Waals surface area contributed by atoms with E-state index in [9.17, 15) is 19.8 Å². The Labute approximate surface area is 135 Å². The van der Waals surface area contributed by atoms with Crippen molar-refractivity contribution in [2.75, 3.05) is 39.6 Å². The van der Waals surface area contributed by atoms with Crippen LogP contribution in [0.4, 0.5) is 0 Å². The highest BCUT2D eigenvalue weighted by Gasteiger charge is 2.16. The minimum absolute atomic E-state index is 0.0132. The van der Waals surface area contributed by atoms with Crippen LogP contribution in [0, 0.1) is 0 Å². The molecule has 0 aromatic heterocycles. The summed E-state index contributed by atoms with van der Waals surface area (Å²) >= 11 is 0. The van der Waals surface area contributed by atoms with Crippen LogP contribution in [0.2, 0.25) is 0 Å². The lowest BCUT2D eigenvalue weighted by Crippen LogP contribution is -2.27. The van der Waals surface area contributed by atoms with Gasteiger partial charge in [-0.2, -0.15) is 0 Å². The SMILES string of the molecule is C=CCOCC(O)COC(=O)CC(=O)OCC(O)COCC=C. The number of carbonyl (C=O) groups excluding carboxylic acids is 2. The first-order chi connectivity index (χ1) is 11.0. The minimum Gasteiger partial charge on any atom is -0.462 e. The van der Waals surface area contributed by atoms with Crippen LogP contribution in [-0.2, 0) is 28.5 Å². The van der Waals surface area contributed by atoms with Gasteiger partial charge in [0, 0.05) is 0 Å². The van der Waals surface area contributed by atoms with Crippen LogP contribution >= 0.6 is 0 Å². The van der Waals surface area contributed by atoms with Crippen molar-refractivity contribution in [2.24, 2.45) is 0 Å². The van der Waals surface area contributed by atoms with Gasteiger partial charge in [0.1, 0.15) is 31.8 Å². The van der Waals surface area contributed by atoms with Gasteiger partial charge in [0.05, 0.1) is 26.4 Å². The maximum atomic E-state index is 11.4. The van der Waals surface area contributed by atoms with Gasteiger partial charge in [0.2, 0.25) is 0 Å². The predicted octanol–water partition coefficient (Wildman–Crippen LogP) is -0.410. The molecule has 23 heavy (non-hydrogen) atoms. The normalized spacial score (nSPS) is 13.0. The molecule has 0 amide bonds. The third-order valence-electron chi connectivity index (χ3n) is 2.25. The summed E-state index contributed by atoms with van der Waals surface area (Å²) in [4.78, 5) is 22.7. The molecule has 0 saturated heterocycles. The number of esters is 2. The van der Waals surface area contributed by atoms with Gasteiger partial charge < -0.3 is 29.2 Å². The molecule has 0 aromatic rings. The van der Waals surface area contributed by atoms with Crippen molar-refractivity contribution < 1.29 is 38.7 Å². The number of aliphatic hydroxyl groups excluding tert-OH is 2. The summed E-state index contributed by atoms with van der Waals surface area (Å²) in [7, 11) is 0. The highest BCUT2D eigenvalue weighted by atomic mass is 16.6. The Morgan fingerprint density at radius 1 is 0.826 bits per heavy atom. The second kappa shape index (κ2) is 13.9. The molecule has 0 heterocycles. The molecule has 0 saturated carbocycles. The van der Waals surface area contributed by atoms with E-state index in [0.29, 0.717) is 0 Å². The van der Waals surface area contributed by atoms with Crippen LogP contribution in [0.25, 0.3) is 0 Å². The summed E-state index contributed by atoms with van der Waals surface area (Å²) in [6.07, 6.45) is 0.454. The number of ether oxygens (including phenoxy) is 4. The largest absolute Gasteiger partial charge is 0.462 e. The van der Waals surface area contributed by atoms with Gasteiger partial charge in [0.25, 0.3) is 0 Å². The minimum atomic E-state index is -0.987. The van der Waals surface area contributed by atoms with E-state index < -0.39 is 30.6 Å². The van der Waals surface area contributed by atoms with Gasteiger partial charge in [-0.05, 0) is 0 Å². The van der Waals surface area contributed by atoms with E-state index in [1.54, 1.807) is 0 Å². The average Bonchev–Trinajstić information content (AvgIpc) is 2.51. The lowest BCUT2D eigenvalue weighted by atomic mass is 10.4. The van der Waals surface area contributed by atoms with Crippen molar-refractivity contribution in [3.8, 4) is 0 Å². The number of aliphatic hydroxyl groups is 2. The molecule has 0 radical (unpaired) electrons. The Morgan fingerprint density at radius 3 is 1.57 bits per heavy atom. The quantitative estimate of drug-likeness (QED) is 0.191. The molecular formula is C15H24O8. The van der Waals surface area contributed by atoms with Crippen LogP contribution in [0.5, 0.6) is 0 Å². The first-order valence-electron chi connectivity index (χ1n) is 7.04. The summed E-state index contributed by atoms with van der Waals surface area (Å²) in [5.41, 5.74) is 0. The molecule has 132 valence electrons. The first-order valence-corrected chi connectivity index (χ1v) is 7.04. The Hall–Kier alpha value is -1.74. The fourth-order valence-electron chi connectivity index (χ4n) is 1.27. The average molecular weight is 332 g/mol. The van der Waals surface area contributed by atoms with Crippen LogP contribution in [0.3, 0.4) is 0 Å². The van der Waals surface area contributed by atoms with E-state index >= 15 is 0 Å². The monoisotopic (exact) mass is 332 g/mol. The number of carbonyl (C=O) groups is 2. The number of hydrogen-bond donors (Lipinski definition) is 2. The Kier molecular flexibility index (Phi) is 12.8. The zero-order valence-electron chi connectivity index (χ0n) is 13.0. The van der Waals surface area contributed by atoms with Crippen molar-refractivity contribution in [1.29, 1.82) is 0 Å².